The third-order valence-electron chi connectivity index (χ3n) is 3.99. The van der Waals surface area contributed by atoms with Crippen LogP contribution in [0.5, 0.6) is 0 Å². The summed E-state index contributed by atoms with van der Waals surface area (Å²) in [7, 11) is -3.46. The first-order valence-electron chi connectivity index (χ1n) is 6.71. The van der Waals surface area contributed by atoms with Gasteiger partial charge in [0.15, 0.2) is 9.84 Å². The number of aliphatic hydroxyl groups is 1. The molecule has 1 saturated carbocycles. The Bertz CT molecular complexity index is 726. The molecule has 0 heterocycles. The van der Waals surface area contributed by atoms with E-state index in [2.05, 4.69) is 0 Å². The minimum absolute atomic E-state index is 0.128. The van der Waals surface area contributed by atoms with Gasteiger partial charge in [0, 0.05) is 23.5 Å². The van der Waals surface area contributed by atoms with Crippen molar-refractivity contribution in [1.82, 2.24) is 0 Å². The highest BCUT2D eigenvalue weighted by molar-refractivity contribution is 7.92. The van der Waals surface area contributed by atoms with Crippen LogP contribution in [0.4, 0.5) is 0 Å². The van der Waals surface area contributed by atoms with Crippen LogP contribution in [-0.2, 0) is 9.84 Å². The molecular formula is C16H15ClO3S. The van der Waals surface area contributed by atoms with Crippen LogP contribution in [-0.4, -0.2) is 25.4 Å². The lowest BCUT2D eigenvalue weighted by Gasteiger charge is -2.04. The van der Waals surface area contributed by atoms with Gasteiger partial charge >= 0.3 is 0 Å². The molecule has 5 heteroatoms. The standard InChI is InChI=1S/C16H15ClO3S/c17-12-6-8-13(9-7-12)21(19,20)16-14(10-18)15(16)11-4-2-1-3-5-11/h1-9,14-16,18H,10H2/t14-,15+,16-/m1/s1. The molecular weight excluding hydrogens is 308 g/mol. The van der Waals surface area contributed by atoms with Crippen molar-refractivity contribution in [1.29, 1.82) is 0 Å². The highest BCUT2D eigenvalue weighted by atomic mass is 35.5. The molecule has 21 heavy (non-hydrogen) atoms. The Morgan fingerprint density at radius 2 is 1.62 bits per heavy atom. The van der Waals surface area contributed by atoms with Crippen molar-refractivity contribution in [2.24, 2.45) is 5.92 Å². The van der Waals surface area contributed by atoms with Crippen molar-refractivity contribution >= 4 is 21.4 Å². The van der Waals surface area contributed by atoms with Gasteiger partial charge in [0.2, 0.25) is 0 Å². The maximum Gasteiger partial charge on any atom is 0.182 e. The molecule has 0 unspecified atom stereocenters. The Balaban J connectivity index is 1.94. The van der Waals surface area contributed by atoms with Crippen LogP contribution in [0.1, 0.15) is 11.5 Å². The van der Waals surface area contributed by atoms with E-state index in [9.17, 15) is 13.5 Å². The molecule has 2 aromatic rings. The zero-order valence-corrected chi connectivity index (χ0v) is 12.8. The molecule has 0 radical (unpaired) electrons. The molecule has 0 saturated heterocycles. The lowest BCUT2D eigenvalue weighted by Crippen LogP contribution is -2.11. The third kappa shape index (κ3) is 2.59. The smallest absolute Gasteiger partial charge is 0.182 e. The Kier molecular flexibility index (Phi) is 3.78. The Morgan fingerprint density at radius 1 is 1.00 bits per heavy atom. The molecule has 1 aliphatic rings. The summed E-state index contributed by atoms with van der Waals surface area (Å²) < 4.78 is 25.4. The minimum atomic E-state index is -3.46. The maximum atomic E-state index is 12.7. The van der Waals surface area contributed by atoms with Gasteiger partial charge in [-0.25, -0.2) is 8.42 Å². The van der Waals surface area contributed by atoms with E-state index in [1.165, 1.54) is 12.1 Å². The van der Waals surface area contributed by atoms with E-state index in [-0.39, 0.29) is 23.3 Å². The third-order valence-corrected chi connectivity index (χ3v) is 6.53. The fourth-order valence-corrected chi connectivity index (χ4v) is 5.20. The number of halogens is 1. The fourth-order valence-electron chi connectivity index (χ4n) is 2.88. The van der Waals surface area contributed by atoms with E-state index >= 15 is 0 Å². The highest BCUT2D eigenvalue weighted by Crippen LogP contribution is 2.53. The maximum absolute atomic E-state index is 12.7. The normalized spacial score (nSPS) is 24.8. The highest BCUT2D eigenvalue weighted by Gasteiger charge is 2.58. The molecule has 2 aromatic carbocycles. The van der Waals surface area contributed by atoms with Gasteiger partial charge < -0.3 is 5.11 Å². The summed E-state index contributed by atoms with van der Waals surface area (Å²) in [5, 5.41) is 9.42. The van der Waals surface area contributed by atoms with Crippen LogP contribution >= 0.6 is 11.6 Å². The number of rotatable bonds is 4. The molecule has 0 amide bonds. The first kappa shape index (κ1) is 14.6. The molecule has 3 rings (SSSR count). The van der Waals surface area contributed by atoms with E-state index in [1.807, 2.05) is 30.3 Å². The quantitative estimate of drug-likeness (QED) is 0.941. The van der Waals surface area contributed by atoms with Crippen LogP contribution in [0, 0.1) is 5.92 Å². The number of benzene rings is 2. The Morgan fingerprint density at radius 3 is 2.19 bits per heavy atom. The Hall–Kier alpha value is -1.36. The summed E-state index contributed by atoms with van der Waals surface area (Å²) in [6.07, 6.45) is 0. The summed E-state index contributed by atoms with van der Waals surface area (Å²) in [5.74, 6) is -0.384. The lowest BCUT2D eigenvalue weighted by atomic mass is 10.1. The summed E-state index contributed by atoms with van der Waals surface area (Å²) in [5.41, 5.74) is 0.957. The van der Waals surface area contributed by atoms with E-state index in [0.29, 0.717) is 5.02 Å². The van der Waals surface area contributed by atoms with Crippen molar-refractivity contribution in [2.75, 3.05) is 6.61 Å². The Labute approximate surface area is 129 Å². The van der Waals surface area contributed by atoms with E-state index < -0.39 is 15.1 Å². The second-order valence-electron chi connectivity index (χ2n) is 5.25. The largest absolute Gasteiger partial charge is 0.396 e. The van der Waals surface area contributed by atoms with Crippen LogP contribution < -0.4 is 0 Å². The van der Waals surface area contributed by atoms with Gasteiger partial charge in [-0.1, -0.05) is 41.9 Å². The number of hydrogen-bond acceptors (Lipinski definition) is 3. The van der Waals surface area contributed by atoms with Gasteiger partial charge in [-0.05, 0) is 29.8 Å². The van der Waals surface area contributed by atoms with Crippen LogP contribution in [0.15, 0.2) is 59.5 Å². The van der Waals surface area contributed by atoms with Gasteiger partial charge in [-0.3, -0.25) is 0 Å². The van der Waals surface area contributed by atoms with Crippen molar-refractivity contribution in [3.05, 3.63) is 65.2 Å². The van der Waals surface area contributed by atoms with Gasteiger partial charge in [-0.2, -0.15) is 0 Å². The first-order chi connectivity index (χ1) is 10.1. The van der Waals surface area contributed by atoms with E-state index in [1.54, 1.807) is 12.1 Å². The van der Waals surface area contributed by atoms with Gasteiger partial charge in [0.1, 0.15) is 0 Å². The predicted molar refractivity (Wildman–Crippen MR) is 82.2 cm³/mol. The second kappa shape index (κ2) is 5.44. The van der Waals surface area contributed by atoms with Gasteiger partial charge in [0.05, 0.1) is 10.1 Å². The molecule has 1 fully saturated rings. The molecule has 110 valence electrons. The average molecular weight is 323 g/mol. The first-order valence-corrected chi connectivity index (χ1v) is 8.63. The predicted octanol–water partition coefficient (Wildman–Crippen LogP) is 2.89. The molecule has 3 nitrogen and oxygen atoms in total. The second-order valence-corrected chi connectivity index (χ2v) is 7.79. The summed E-state index contributed by atoms with van der Waals surface area (Å²) in [6.45, 7) is -0.128. The van der Waals surface area contributed by atoms with Gasteiger partial charge in [-0.15, -0.1) is 0 Å². The zero-order valence-electron chi connectivity index (χ0n) is 11.2. The van der Waals surface area contributed by atoms with Crippen LogP contribution in [0.3, 0.4) is 0 Å². The van der Waals surface area contributed by atoms with Crippen molar-refractivity contribution in [3.8, 4) is 0 Å². The van der Waals surface area contributed by atoms with E-state index in [0.717, 1.165) is 5.56 Å². The summed E-state index contributed by atoms with van der Waals surface area (Å²) >= 11 is 5.80. The topological polar surface area (TPSA) is 54.4 Å². The number of aliphatic hydroxyl groups excluding tert-OH is 1. The van der Waals surface area contributed by atoms with Crippen LogP contribution in [0.2, 0.25) is 5.02 Å². The molecule has 3 atom stereocenters. The fraction of sp³-hybridized carbons (Fsp3) is 0.250. The van der Waals surface area contributed by atoms with Crippen molar-refractivity contribution in [2.45, 2.75) is 16.1 Å². The van der Waals surface area contributed by atoms with Crippen molar-refractivity contribution in [3.63, 3.8) is 0 Å². The number of sulfone groups is 1. The summed E-state index contributed by atoms with van der Waals surface area (Å²) in [4.78, 5) is 0.258. The zero-order chi connectivity index (χ0) is 15.0. The molecule has 0 bridgehead atoms. The SMILES string of the molecule is O=S(=O)(c1ccc(Cl)cc1)[C@@H]1[C@H](CO)[C@@H]1c1ccccc1. The molecule has 0 spiro atoms. The van der Waals surface area contributed by atoms with Crippen LogP contribution in [0.25, 0.3) is 0 Å². The summed E-state index contributed by atoms with van der Waals surface area (Å²) in [6, 6.07) is 15.7. The lowest BCUT2D eigenvalue weighted by molar-refractivity contribution is 0.274. The van der Waals surface area contributed by atoms with Crippen molar-refractivity contribution < 1.29 is 13.5 Å². The number of hydrogen-bond donors (Lipinski definition) is 1. The van der Waals surface area contributed by atoms with Gasteiger partial charge in [0.25, 0.3) is 0 Å². The molecule has 0 aromatic heterocycles. The van der Waals surface area contributed by atoms with E-state index in [4.69, 9.17) is 11.6 Å². The average Bonchev–Trinajstić information content (AvgIpc) is 3.24. The molecule has 1 N–H and O–H groups in total. The molecule has 0 aliphatic heterocycles. The monoisotopic (exact) mass is 322 g/mol. The molecule has 1 aliphatic carbocycles. The minimum Gasteiger partial charge on any atom is -0.396 e.